The van der Waals surface area contributed by atoms with Gasteiger partial charge in [0.1, 0.15) is 12.1 Å². The molecular formula is C13H19N5O2. The van der Waals surface area contributed by atoms with Gasteiger partial charge in [-0.15, -0.1) is 10.2 Å². The third-order valence-corrected chi connectivity index (χ3v) is 3.07. The Labute approximate surface area is 117 Å². The zero-order chi connectivity index (χ0) is 14.5. The maximum atomic E-state index is 12.2. The van der Waals surface area contributed by atoms with Gasteiger partial charge in [-0.2, -0.15) is 0 Å². The van der Waals surface area contributed by atoms with Crippen LogP contribution in [0.25, 0.3) is 0 Å². The number of nitrogens with zero attached hydrogens (tertiary/aromatic N) is 4. The van der Waals surface area contributed by atoms with Gasteiger partial charge in [-0.1, -0.05) is 0 Å². The number of hydrogen-bond donors (Lipinski definition) is 1. The fourth-order valence-corrected chi connectivity index (χ4v) is 1.94. The van der Waals surface area contributed by atoms with Gasteiger partial charge in [0.15, 0.2) is 5.82 Å². The van der Waals surface area contributed by atoms with Crippen LogP contribution in [0.1, 0.15) is 31.5 Å². The molecule has 0 aliphatic carbocycles. The van der Waals surface area contributed by atoms with E-state index in [1.807, 2.05) is 33.0 Å². The lowest BCUT2D eigenvalue weighted by Crippen LogP contribution is -2.41. The van der Waals surface area contributed by atoms with Gasteiger partial charge in [0.05, 0.1) is 18.8 Å². The molecule has 1 atom stereocenters. The molecule has 0 aliphatic heterocycles. The predicted molar refractivity (Wildman–Crippen MR) is 72.7 cm³/mol. The van der Waals surface area contributed by atoms with Crippen LogP contribution in [0.5, 0.6) is 0 Å². The van der Waals surface area contributed by atoms with Crippen molar-refractivity contribution in [1.29, 1.82) is 0 Å². The summed E-state index contributed by atoms with van der Waals surface area (Å²) in [5.41, 5.74) is 0. The Kier molecular flexibility index (Phi) is 4.39. The van der Waals surface area contributed by atoms with Crippen molar-refractivity contribution in [3.8, 4) is 0 Å². The molecule has 2 heterocycles. The first kappa shape index (κ1) is 14.1. The molecule has 0 radical (unpaired) electrons. The minimum Gasteiger partial charge on any atom is -0.467 e. The summed E-state index contributed by atoms with van der Waals surface area (Å²) in [6.45, 7) is 4.84. The molecule has 2 amide bonds. The third kappa shape index (κ3) is 3.17. The number of aryl methyl sites for hydroxylation is 1. The zero-order valence-electron chi connectivity index (χ0n) is 11.9. The first-order valence-electron chi connectivity index (χ1n) is 6.53. The highest BCUT2D eigenvalue weighted by Gasteiger charge is 2.18. The molecule has 108 valence electrons. The zero-order valence-corrected chi connectivity index (χ0v) is 11.9. The molecule has 0 aromatic carbocycles. The lowest BCUT2D eigenvalue weighted by atomic mass is 10.3. The number of hydrogen-bond acceptors (Lipinski definition) is 4. The molecule has 0 bridgehead atoms. The Morgan fingerprint density at radius 3 is 2.95 bits per heavy atom. The van der Waals surface area contributed by atoms with Gasteiger partial charge < -0.3 is 19.2 Å². The topological polar surface area (TPSA) is 76.2 Å². The van der Waals surface area contributed by atoms with Gasteiger partial charge in [0, 0.05) is 13.6 Å². The quantitative estimate of drug-likeness (QED) is 0.902. The average Bonchev–Trinajstić information content (AvgIpc) is 3.06. The van der Waals surface area contributed by atoms with Crippen LogP contribution < -0.4 is 5.32 Å². The second-order valence-electron chi connectivity index (χ2n) is 4.56. The van der Waals surface area contributed by atoms with Crippen molar-refractivity contribution in [2.24, 2.45) is 7.05 Å². The normalized spacial score (nSPS) is 12.2. The largest absolute Gasteiger partial charge is 0.467 e. The van der Waals surface area contributed by atoms with Gasteiger partial charge in [-0.05, 0) is 26.0 Å². The van der Waals surface area contributed by atoms with E-state index in [-0.39, 0.29) is 12.1 Å². The third-order valence-electron chi connectivity index (χ3n) is 3.07. The van der Waals surface area contributed by atoms with E-state index in [4.69, 9.17) is 4.42 Å². The van der Waals surface area contributed by atoms with Gasteiger partial charge in [0.25, 0.3) is 0 Å². The fraction of sp³-hybridized carbons (Fsp3) is 0.462. The van der Waals surface area contributed by atoms with Crippen molar-refractivity contribution >= 4 is 6.03 Å². The number of aromatic nitrogens is 3. The van der Waals surface area contributed by atoms with Crippen molar-refractivity contribution in [2.45, 2.75) is 26.4 Å². The van der Waals surface area contributed by atoms with Crippen LogP contribution >= 0.6 is 0 Å². The Morgan fingerprint density at radius 2 is 2.40 bits per heavy atom. The number of carbonyl (C=O) groups excluding carboxylic acids is 1. The predicted octanol–water partition coefficient (Wildman–Crippen LogP) is 1.70. The summed E-state index contributed by atoms with van der Waals surface area (Å²) in [5, 5.41) is 10.7. The van der Waals surface area contributed by atoms with Gasteiger partial charge >= 0.3 is 6.03 Å². The summed E-state index contributed by atoms with van der Waals surface area (Å²) in [6, 6.07) is 3.30. The van der Waals surface area contributed by atoms with E-state index in [2.05, 4.69) is 15.5 Å². The highest BCUT2D eigenvalue weighted by atomic mass is 16.3. The SMILES string of the molecule is CCN(Cc1ccco1)C(=O)NC(C)c1nncn1C. The average molecular weight is 277 g/mol. The minimum absolute atomic E-state index is 0.153. The summed E-state index contributed by atoms with van der Waals surface area (Å²) in [7, 11) is 1.85. The molecule has 0 spiro atoms. The van der Waals surface area contributed by atoms with Crippen molar-refractivity contribution in [3.05, 3.63) is 36.3 Å². The Balaban J connectivity index is 1.97. The van der Waals surface area contributed by atoms with Crippen molar-refractivity contribution in [1.82, 2.24) is 25.0 Å². The maximum absolute atomic E-state index is 12.2. The summed E-state index contributed by atoms with van der Waals surface area (Å²) >= 11 is 0. The lowest BCUT2D eigenvalue weighted by molar-refractivity contribution is 0.189. The van der Waals surface area contributed by atoms with Crippen molar-refractivity contribution < 1.29 is 9.21 Å². The summed E-state index contributed by atoms with van der Waals surface area (Å²) in [4.78, 5) is 13.9. The van der Waals surface area contributed by atoms with Crippen LogP contribution in [0.15, 0.2) is 29.1 Å². The van der Waals surface area contributed by atoms with Crippen molar-refractivity contribution in [3.63, 3.8) is 0 Å². The van der Waals surface area contributed by atoms with Crippen LogP contribution in [-0.4, -0.2) is 32.2 Å². The molecule has 0 fully saturated rings. The van der Waals surface area contributed by atoms with Crippen LogP contribution in [0.2, 0.25) is 0 Å². The molecule has 2 rings (SSSR count). The van der Waals surface area contributed by atoms with Gasteiger partial charge in [-0.25, -0.2) is 4.79 Å². The second kappa shape index (κ2) is 6.23. The number of carbonyl (C=O) groups is 1. The molecule has 20 heavy (non-hydrogen) atoms. The monoisotopic (exact) mass is 277 g/mol. The van der Waals surface area contributed by atoms with E-state index >= 15 is 0 Å². The molecule has 1 unspecified atom stereocenters. The standard InChI is InChI=1S/C13H19N5O2/c1-4-18(8-11-6-5-7-20-11)13(19)15-10(2)12-16-14-9-17(12)3/h5-7,9-10H,4,8H2,1-3H3,(H,15,19). The Bertz CT molecular complexity index is 549. The van der Waals surface area contributed by atoms with Crippen LogP contribution in [-0.2, 0) is 13.6 Å². The van der Waals surface area contributed by atoms with E-state index in [1.165, 1.54) is 0 Å². The van der Waals surface area contributed by atoms with Crippen LogP contribution in [0.3, 0.4) is 0 Å². The van der Waals surface area contributed by atoms with E-state index in [0.29, 0.717) is 18.9 Å². The van der Waals surface area contributed by atoms with E-state index in [0.717, 1.165) is 5.76 Å². The number of rotatable bonds is 5. The van der Waals surface area contributed by atoms with E-state index < -0.39 is 0 Å². The lowest BCUT2D eigenvalue weighted by Gasteiger charge is -2.22. The van der Waals surface area contributed by atoms with Gasteiger partial charge in [0.2, 0.25) is 0 Å². The Morgan fingerprint density at radius 1 is 1.60 bits per heavy atom. The molecule has 0 aliphatic rings. The van der Waals surface area contributed by atoms with Crippen LogP contribution in [0.4, 0.5) is 4.79 Å². The smallest absolute Gasteiger partial charge is 0.318 e. The molecule has 7 heteroatoms. The van der Waals surface area contributed by atoms with Crippen molar-refractivity contribution in [2.75, 3.05) is 6.54 Å². The van der Waals surface area contributed by atoms with E-state index in [1.54, 1.807) is 22.1 Å². The Hall–Kier alpha value is -2.31. The molecule has 2 aromatic heterocycles. The molecule has 0 saturated heterocycles. The maximum Gasteiger partial charge on any atom is 0.318 e. The first-order chi connectivity index (χ1) is 9.61. The molecule has 0 saturated carbocycles. The van der Waals surface area contributed by atoms with Crippen LogP contribution in [0, 0.1) is 0 Å². The molecular weight excluding hydrogens is 258 g/mol. The second-order valence-corrected chi connectivity index (χ2v) is 4.56. The number of urea groups is 1. The summed E-state index contributed by atoms with van der Waals surface area (Å²) in [6.07, 6.45) is 3.21. The molecule has 2 aromatic rings. The molecule has 1 N–H and O–H groups in total. The minimum atomic E-state index is -0.208. The highest BCUT2D eigenvalue weighted by Crippen LogP contribution is 2.10. The summed E-state index contributed by atoms with van der Waals surface area (Å²) in [5.74, 6) is 1.47. The molecule has 7 nitrogen and oxygen atoms in total. The number of furan rings is 1. The van der Waals surface area contributed by atoms with Gasteiger partial charge in [-0.3, -0.25) is 0 Å². The highest BCUT2D eigenvalue weighted by molar-refractivity contribution is 5.74. The summed E-state index contributed by atoms with van der Waals surface area (Å²) < 4.78 is 7.05. The number of amides is 2. The fourth-order valence-electron chi connectivity index (χ4n) is 1.94. The first-order valence-corrected chi connectivity index (χ1v) is 6.53. The number of nitrogens with one attached hydrogen (secondary N) is 1. The van der Waals surface area contributed by atoms with E-state index in [9.17, 15) is 4.79 Å².